The van der Waals surface area contributed by atoms with Crippen LogP contribution in [0.2, 0.25) is 0 Å². The summed E-state index contributed by atoms with van der Waals surface area (Å²) in [5, 5.41) is 0.806. The molecule has 1 aliphatic heterocycles. The second-order valence-electron chi connectivity index (χ2n) is 5.48. The number of aryl methyl sites for hydroxylation is 1. The Balaban J connectivity index is 1.84. The molecule has 0 atom stereocenters. The average molecular weight is 409 g/mol. The van der Waals surface area contributed by atoms with Gasteiger partial charge in [0, 0.05) is 0 Å². The summed E-state index contributed by atoms with van der Waals surface area (Å²) in [6, 6.07) is 11.9. The van der Waals surface area contributed by atoms with Crippen molar-refractivity contribution in [2.24, 2.45) is 0 Å². The minimum Gasteiger partial charge on any atom is -0.267 e. The van der Waals surface area contributed by atoms with Crippen LogP contribution in [-0.4, -0.2) is 23.7 Å². The molecule has 1 saturated heterocycles. The number of rotatable bonds is 4. The number of carbonyl (C=O) groups is 1. The predicted octanol–water partition coefficient (Wildman–Crippen LogP) is 3.23. The van der Waals surface area contributed by atoms with Gasteiger partial charge in [0.05, 0.1) is 9.80 Å². The van der Waals surface area contributed by atoms with E-state index < -0.39 is 21.7 Å². The van der Waals surface area contributed by atoms with E-state index in [-0.39, 0.29) is 14.1 Å². The van der Waals surface area contributed by atoms with Crippen LogP contribution in [0.15, 0.2) is 58.3 Å². The van der Waals surface area contributed by atoms with Crippen molar-refractivity contribution < 1.29 is 17.6 Å². The Bertz CT molecular complexity index is 1020. The zero-order chi connectivity index (χ0) is 18.9. The van der Waals surface area contributed by atoms with E-state index in [1.807, 2.05) is 6.92 Å². The molecule has 3 rings (SSSR count). The molecule has 9 heteroatoms. The summed E-state index contributed by atoms with van der Waals surface area (Å²) in [6.07, 6.45) is 1.46. The fourth-order valence-electron chi connectivity index (χ4n) is 2.18. The van der Waals surface area contributed by atoms with Gasteiger partial charge in [0.1, 0.15) is 5.82 Å². The summed E-state index contributed by atoms with van der Waals surface area (Å²) in [5.41, 5.74) is 1.39. The maximum absolute atomic E-state index is 13.3. The van der Waals surface area contributed by atoms with Crippen molar-refractivity contribution in [3.05, 3.63) is 70.4 Å². The van der Waals surface area contributed by atoms with Crippen LogP contribution in [0.4, 0.5) is 4.39 Å². The third-order valence-electron chi connectivity index (χ3n) is 3.48. The number of sulfonamides is 1. The molecule has 0 radical (unpaired) electrons. The number of thiocarbonyl (C=S) groups is 1. The van der Waals surface area contributed by atoms with Crippen molar-refractivity contribution in [3.8, 4) is 0 Å². The molecule has 5 nitrogen and oxygen atoms in total. The Morgan fingerprint density at radius 2 is 1.88 bits per heavy atom. The highest BCUT2D eigenvalue weighted by molar-refractivity contribution is 8.26. The Kier molecular flexibility index (Phi) is 5.24. The summed E-state index contributed by atoms with van der Waals surface area (Å²) in [5.74, 6) is -1.05. The highest BCUT2D eigenvalue weighted by atomic mass is 32.2. The first kappa shape index (κ1) is 18.7. The summed E-state index contributed by atoms with van der Waals surface area (Å²) < 4.78 is 38.2. The van der Waals surface area contributed by atoms with Crippen LogP contribution in [0.25, 0.3) is 6.08 Å². The first-order valence-corrected chi connectivity index (χ1v) is 10.1. The van der Waals surface area contributed by atoms with Crippen molar-refractivity contribution >= 4 is 50.3 Å². The number of nitrogens with zero attached hydrogens (tertiary/aromatic N) is 1. The number of thioether (sulfide) groups is 1. The van der Waals surface area contributed by atoms with E-state index in [2.05, 4.69) is 4.83 Å². The Morgan fingerprint density at radius 1 is 1.19 bits per heavy atom. The normalized spacial score (nSPS) is 16.5. The molecular weight excluding hydrogens is 395 g/mol. The van der Waals surface area contributed by atoms with Gasteiger partial charge < -0.3 is 0 Å². The largest absolute Gasteiger partial charge is 0.281 e. The molecule has 0 saturated carbocycles. The van der Waals surface area contributed by atoms with Gasteiger partial charge in [-0.3, -0.25) is 4.79 Å². The van der Waals surface area contributed by atoms with E-state index in [1.54, 1.807) is 18.2 Å². The summed E-state index contributed by atoms with van der Waals surface area (Å²) in [6.45, 7) is 1.84. The molecule has 0 unspecified atom stereocenters. The zero-order valence-corrected chi connectivity index (χ0v) is 15.9. The maximum atomic E-state index is 13.3. The van der Waals surface area contributed by atoms with E-state index in [0.717, 1.165) is 22.3 Å². The quantitative estimate of drug-likeness (QED) is 0.622. The maximum Gasteiger partial charge on any atom is 0.281 e. The van der Waals surface area contributed by atoms with Crippen molar-refractivity contribution in [3.63, 3.8) is 0 Å². The van der Waals surface area contributed by atoms with Crippen LogP contribution < -0.4 is 4.83 Å². The molecule has 1 amide bonds. The van der Waals surface area contributed by atoms with Gasteiger partial charge in [-0.2, -0.15) is 0 Å². The molecule has 0 aliphatic carbocycles. The number of carbonyl (C=O) groups excluding carboxylic acids is 1. The van der Waals surface area contributed by atoms with Crippen LogP contribution in [0.1, 0.15) is 11.1 Å². The monoisotopic (exact) mass is 408 g/mol. The highest BCUT2D eigenvalue weighted by Gasteiger charge is 2.35. The lowest BCUT2D eigenvalue weighted by Crippen LogP contribution is -2.44. The van der Waals surface area contributed by atoms with Gasteiger partial charge in [-0.05, 0) is 42.8 Å². The third kappa shape index (κ3) is 4.01. The van der Waals surface area contributed by atoms with E-state index in [9.17, 15) is 17.6 Å². The second kappa shape index (κ2) is 7.28. The van der Waals surface area contributed by atoms with Gasteiger partial charge >= 0.3 is 0 Å². The van der Waals surface area contributed by atoms with Crippen molar-refractivity contribution in [2.75, 3.05) is 0 Å². The fourth-order valence-corrected chi connectivity index (χ4v) is 4.49. The first-order valence-electron chi connectivity index (χ1n) is 7.39. The minimum absolute atomic E-state index is 0.0197. The number of amides is 1. The van der Waals surface area contributed by atoms with Crippen LogP contribution in [0.3, 0.4) is 0 Å². The molecule has 1 N–H and O–H groups in total. The average Bonchev–Trinajstić information content (AvgIpc) is 2.82. The van der Waals surface area contributed by atoms with Crippen LogP contribution in [-0.2, 0) is 14.8 Å². The van der Waals surface area contributed by atoms with E-state index in [0.29, 0.717) is 5.56 Å². The van der Waals surface area contributed by atoms with Crippen LogP contribution >= 0.6 is 24.0 Å². The Labute approximate surface area is 159 Å². The van der Waals surface area contributed by atoms with Gasteiger partial charge in [-0.15, -0.1) is 4.83 Å². The number of hydrogen-bond acceptors (Lipinski definition) is 5. The number of halogens is 1. The summed E-state index contributed by atoms with van der Waals surface area (Å²) in [7, 11) is -3.96. The molecule has 1 aliphatic rings. The number of benzene rings is 2. The van der Waals surface area contributed by atoms with E-state index in [1.165, 1.54) is 36.4 Å². The first-order chi connectivity index (χ1) is 12.3. The van der Waals surface area contributed by atoms with Gasteiger partial charge in [0.15, 0.2) is 4.32 Å². The molecule has 0 bridgehead atoms. The molecule has 0 aromatic heterocycles. The smallest absolute Gasteiger partial charge is 0.267 e. The van der Waals surface area contributed by atoms with E-state index >= 15 is 0 Å². The standard InChI is InChI=1S/C17H13FN2O3S3/c1-11-5-7-14(8-6-11)26(22,23)19-20-16(21)15(25-17(20)24)10-12-3-2-4-13(18)9-12/h2-10,19H,1H3. The SMILES string of the molecule is Cc1ccc(S(=O)(=O)NN2C(=O)C(=Cc3cccc(F)c3)SC2=S)cc1. The second-order valence-corrected chi connectivity index (χ2v) is 8.82. The van der Waals surface area contributed by atoms with Crippen LogP contribution in [0, 0.1) is 12.7 Å². The third-order valence-corrected chi connectivity index (χ3v) is 6.10. The lowest BCUT2D eigenvalue weighted by molar-refractivity contribution is -0.123. The van der Waals surface area contributed by atoms with Crippen molar-refractivity contribution in [1.29, 1.82) is 0 Å². The molecule has 0 spiro atoms. The summed E-state index contributed by atoms with van der Waals surface area (Å²) >= 11 is 6.04. The van der Waals surface area contributed by atoms with Gasteiger partial charge in [-0.25, -0.2) is 17.8 Å². The minimum atomic E-state index is -3.96. The van der Waals surface area contributed by atoms with E-state index in [4.69, 9.17) is 12.2 Å². The van der Waals surface area contributed by atoms with Gasteiger partial charge in [-0.1, -0.05) is 53.8 Å². The summed E-state index contributed by atoms with van der Waals surface area (Å²) in [4.78, 5) is 14.9. The van der Waals surface area contributed by atoms with Gasteiger partial charge in [0.2, 0.25) is 0 Å². The zero-order valence-electron chi connectivity index (χ0n) is 13.5. The molecule has 134 valence electrons. The fraction of sp³-hybridized carbons (Fsp3) is 0.0588. The molecule has 26 heavy (non-hydrogen) atoms. The molecule has 1 heterocycles. The molecular formula is C17H13FN2O3S3. The Hall–Kier alpha value is -2.07. The Morgan fingerprint density at radius 3 is 2.54 bits per heavy atom. The highest BCUT2D eigenvalue weighted by Crippen LogP contribution is 2.32. The number of hydrazine groups is 1. The predicted molar refractivity (Wildman–Crippen MR) is 103 cm³/mol. The number of nitrogens with one attached hydrogen (secondary N) is 1. The lowest BCUT2D eigenvalue weighted by atomic mass is 10.2. The molecule has 2 aromatic rings. The number of hydrogen-bond donors (Lipinski definition) is 1. The van der Waals surface area contributed by atoms with Crippen molar-refractivity contribution in [2.45, 2.75) is 11.8 Å². The molecule has 1 fully saturated rings. The topological polar surface area (TPSA) is 66.5 Å². The van der Waals surface area contributed by atoms with Crippen LogP contribution in [0.5, 0.6) is 0 Å². The molecule has 2 aromatic carbocycles. The van der Waals surface area contributed by atoms with Gasteiger partial charge in [0.25, 0.3) is 15.9 Å². The lowest BCUT2D eigenvalue weighted by Gasteiger charge is -2.16. The van der Waals surface area contributed by atoms with Crippen molar-refractivity contribution in [1.82, 2.24) is 9.84 Å².